The van der Waals surface area contributed by atoms with Gasteiger partial charge in [0, 0.05) is 31.7 Å². The van der Waals surface area contributed by atoms with Gasteiger partial charge in [-0.1, -0.05) is 0 Å². The van der Waals surface area contributed by atoms with Crippen LogP contribution in [0.4, 0.5) is 5.82 Å². The van der Waals surface area contributed by atoms with Crippen LogP contribution < -0.4 is 10.6 Å². The van der Waals surface area contributed by atoms with Crippen molar-refractivity contribution in [3.05, 3.63) is 11.3 Å². The lowest BCUT2D eigenvalue weighted by Gasteiger charge is -2.29. The lowest BCUT2D eigenvalue weighted by atomic mass is 10.1. The molecule has 1 aromatic rings. The first-order valence-corrected chi connectivity index (χ1v) is 8.36. The third-order valence-electron chi connectivity index (χ3n) is 3.48. The summed E-state index contributed by atoms with van der Waals surface area (Å²) in [5.41, 5.74) is 8.00. The predicted molar refractivity (Wildman–Crippen MR) is 76.2 cm³/mol. The highest BCUT2D eigenvalue weighted by atomic mass is 32.2. The summed E-state index contributed by atoms with van der Waals surface area (Å²) in [7, 11) is -0.963. The Hall–Kier alpha value is -1.08. The van der Waals surface area contributed by atoms with E-state index in [0.717, 1.165) is 23.5 Å². The Balaban J connectivity index is 2.29. The summed E-state index contributed by atoms with van der Waals surface area (Å²) in [6.45, 7) is 5.01. The Kier molecular flexibility index (Phi) is 3.87. The van der Waals surface area contributed by atoms with Crippen LogP contribution in [0.1, 0.15) is 18.2 Å². The van der Waals surface area contributed by atoms with Gasteiger partial charge in [-0.15, -0.1) is 0 Å². The van der Waals surface area contributed by atoms with Crippen molar-refractivity contribution in [2.45, 2.75) is 26.3 Å². The average Bonchev–Trinajstić information content (AvgIpc) is 2.54. The zero-order valence-electron chi connectivity index (χ0n) is 11.8. The maximum Gasteiger partial charge on any atom is 0.153 e. The minimum Gasteiger partial charge on any atom is -0.355 e. The third-order valence-corrected chi connectivity index (χ3v) is 5.09. The Morgan fingerprint density at radius 3 is 2.47 bits per heavy atom. The topological polar surface area (TPSA) is 81.2 Å². The van der Waals surface area contributed by atoms with E-state index in [1.807, 2.05) is 25.6 Å². The fraction of sp³-hybridized carbons (Fsp3) is 0.750. The highest BCUT2D eigenvalue weighted by Gasteiger charge is 2.26. The first kappa shape index (κ1) is 14.3. The molecule has 0 saturated carbocycles. The summed E-state index contributed by atoms with van der Waals surface area (Å²) in [5.74, 6) is 1.45. The SMILES string of the molecule is Cc1nn(C)c(N2CCS(=O)(=O)CC2)c1CC(C)N. The second-order valence-electron chi connectivity index (χ2n) is 5.33. The summed E-state index contributed by atoms with van der Waals surface area (Å²) in [6.07, 6.45) is 0.762. The summed E-state index contributed by atoms with van der Waals surface area (Å²) >= 11 is 0. The molecule has 1 aromatic heterocycles. The molecule has 1 aliphatic rings. The standard InChI is InChI=1S/C12H22N4O2S/c1-9(13)8-11-10(2)14-15(3)12(11)16-4-6-19(17,18)7-5-16/h9H,4-8,13H2,1-3H3. The maximum atomic E-state index is 11.5. The number of aryl methyl sites for hydroxylation is 2. The van der Waals surface area contributed by atoms with Gasteiger partial charge in [-0.25, -0.2) is 8.42 Å². The highest BCUT2D eigenvalue weighted by molar-refractivity contribution is 7.91. The van der Waals surface area contributed by atoms with E-state index in [1.54, 1.807) is 0 Å². The van der Waals surface area contributed by atoms with Gasteiger partial charge in [-0.05, 0) is 20.3 Å². The van der Waals surface area contributed by atoms with E-state index in [-0.39, 0.29) is 17.5 Å². The highest BCUT2D eigenvalue weighted by Crippen LogP contribution is 2.25. The van der Waals surface area contributed by atoms with Gasteiger partial charge in [0.15, 0.2) is 9.84 Å². The molecule has 0 bridgehead atoms. The van der Waals surface area contributed by atoms with E-state index in [1.165, 1.54) is 0 Å². The Morgan fingerprint density at radius 1 is 1.37 bits per heavy atom. The summed E-state index contributed by atoms with van der Waals surface area (Å²) in [6, 6.07) is 0.0650. The molecule has 108 valence electrons. The van der Waals surface area contributed by atoms with Gasteiger partial charge in [-0.2, -0.15) is 5.10 Å². The maximum absolute atomic E-state index is 11.5. The van der Waals surface area contributed by atoms with Crippen LogP contribution in [0, 0.1) is 6.92 Å². The van der Waals surface area contributed by atoms with Crippen LogP contribution in [0.3, 0.4) is 0 Å². The average molecular weight is 286 g/mol. The molecular weight excluding hydrogens is 264 g/mol. The van der Waals surface area contributed by atoms with Gasteiger partial charge in [0.1, 0.15) is 5.82 Å². The van der Waals surface area contributed by atoms with Crippen molar-refractivity contribution in [1.82, 2.24) is 9.78 Å². The van der Waals surface area contributed by atoms with E-state index >= 15 is 0 Å². The van der Waals surface area contributed by atoms with Crippen LogP contribution in [0.5, 0.6) is 0 Å². The summed E-state index contributed by atoms with van der Waals surface area (Å²) in [4.78, 5) is 2.11. The van der Waals surface area contributed by atoms with Gasteiger partial charge < -0.3 is 10.6 Å². The van der Waals surface area contributed by atoms with Crippen molar-refractivity contribution in [1.29, 1.82) is 0 Å². The van der Waals surface area contributed by atoms with E-state index in [9.17, 15) is 8.42 Å². The molecule has 7 heteroatoms. The van der Waals surface area contributed by atoms with Crippen molar-refractivity contribution < 1.29 is 8.42 Å². The monoisotopic (exact) mass is 286 g/mol. The fourth-order valence-electron chi connectivity index (χ4n) is 2.57. The van der Waals surface area contributed by atoms with Crippen LogP contribution >= 0.6 is 0 Å². The Morgan fingerprint density at radius 2 is 1.95 bits per heavy atom. The molecule has 0 radical (unpaired) electrons. The molecule has 0 aliphatic carbocycles. The van der Waals surface area contributed by atoms with Crippen molar-refractivity contribution in [2.24, 2.45) is 12.8 Å². The zero-order chi connectivity index (χ0) is 14.2. The second kappa shape index (κ2) is 5.13. The van der Waals surface area contributed by atoms with Crippen LogP contribution in [0.25, 0.3) is 0 Å². The third kappa shape index (κ3) is 3.09. The largest absolute Gasteiger partial charge is 0.355 e. The van der Waals surface area contributed by atoms with Gasteiger partial charge in [0.25, 0.3) is 0 Å². The number of anilines is 1. The number of hydrogen-bond donors (Lipinski definition) is 1. The molecule has 19 heavy (non-hydrogen) atoms. The summed E-state index contributed by atoms with van der Waals surface area (Å²) < 4.78 is 24.9. The number of hydrogen-bond acceptors (Lipinski definition) is 5. The first-order chi connectivity index (χ1) is 8.80. The minimum atomic E-state index is -2.86. The van der Waals surface area contributed by atoms with E-state index in [4.69, 9.17) is 5.73 Å². The Labute approximate surface area is 114 Å². The molecule has 2 N–H and O–H groups in total. The molecule has 1 unspecified atom stereocenters. The minimum absolute atomic E-state index is 0.0650. The molecule has 1 saturated heterocycles. The number of aromatic nitrogens is 2. The molecule has 0 amide bonds. The molecule has 1 atom stereocenters. The number of nitrogens with zero attached hydrogens (tertiary/aromatic N) is 3. The van der Waals surface area contributed by atoms with Crippen LogP contribution in [-0.4, -0.2) is 48.8 Å². The normalized spacial score (nSPS) is 20.5. The van der Waals surface area contributed by atoms with Crippen molar-refractivity contribution >= 4 is 15.7 Å². The summed E-state index contributed by atoms with van der Waals surface area (Å²) in [5, 5.41) is 4.45. The molecular formula is C12H22N4O2S. The molecule has 6 nitrogen and oxygen atoms in total. The van der Waals surface area contributed by atoms with Crippen LogP contribution in [-0.2, 0) is 23.3 Å². The van der Waals surface area contributed by atoms with Crippen molar-refractivity contribution in [3.63, 3.8) is 0 Å². The zero-order valence-corrected chi connectivity index (χ0v) is 12.6. The van der Waals surface area contributed by atoms with Crippen LogP contribution in [0.15, 0.2) is 0 Å². The quantitative estimate of drug-likeness (QED) is 0.836. The lowest BCUT2D eigenvalue weighted by molar-refractivity contribution is 0.583. The van der Waals surface area contributed by atoms with Crippen molar-refractivity contribution in [3.8, 4) is 0 Å². The smallest absolute Gasteiger partial charge is 0.153 e. The van der Waals surface area contributed by atoms with Crippen LogP contribution in [0.2, 0.25) is 0 Å². The van der Waals surface area contributed by atoms with Gasteiger partial charge in [-0.3, -0.25) is 4.68 Å². The molecule has 1 aliphatic heterocycles. The van der Waals surface area contributed by atoms with Crippen molar-refractivity contribution in [2.75, 3.05) is 29.5 Å². The van der Waals surface area contributed by atoms with E-state index < -0.39 is 9.84 Å². The Bertz CT molecular complexity index is 549. The molecule has 0 aromatic carbocycles. The molecule has 1 fully saturated rings. The molecule has 2 rings (SSSR count). The van der Waals surface area contributed by atoms with E-state index in [0.29, 0.717) is 13.1 Å². The number of sulfone groups is 1. The fourth-order valence-corrected chi connectivity index (χ4v) is 3.77. The number of rotatable bonds is 3. The first-order valence-electron chi connectivity index (χ1n) is 6.53. The second-order valence-corrected chi connectivity index (χ2v) is 7.64. The number of nitrogens with two attached hydrogens (primary N) is 1. The van der Waals surface area contributed by atoms with Gasteiger partial charge >= 0.3 is 0 Å². The van der Waals surface area contributed by atoms with Gasteiger partial charge in [0.05, 0.1) is 17.2 Å². The predicted octanol–water partition coefficient (Wildman–Crippen LogP) is -0.147. The van der Waals surface area contributed by atoms with Gasteiger partial charge in [0.2, 0.25) is 0 Å². The molecule has 2 heterocycles. The lowest BCUT2D eigenvalue weighted by Crippen LogP contribution is -2.41. The van der Waals surface area contributed by atoms with E-state index in [2.05, 4.69) is 10.00 Å². The molecule has 0 spiro atoms.